The second-order valence-electron chi connectivity index (χ2n) is 3.20. The van der Waals surface area contributed by atoms with Crippen molar-refractivity contribution < 1.29 is 9.53 Å². The summed E-state index contributed by atoms with van der Waals surface area (Å²) in [5.41, 5.74) is 5.59. The lowest BCUT2D eigenvalue weighted by Gasteiger charge is -2.09. The topological polar surface area (TPSA) is 55.6 Å². The van der Waals surface area contributed by atoms with Gasteiger partial charge in [-0.05, 0) is 12.3 Å². The molecule has 0 aliphatic carbocycles. The lowest BCUT2D eigenvalue weighted by Crippen LogP contribution is -2.31. The molecule has 2 N–H and O–H groups in total. The van der Waals surface area contributed by atoms with Gasteiger partial charge in [0.2, 0.25) is 11.5 Å². The first-order chi connectivity index (χ1) is 5.11. The monoisotopic (exact) mass is 155 g/mol. The Labute approximate surface area is 66.2 Å². The van der Waals surface area contributed by atoms with Crippen molar-refractivity contribution in [1.29, 1.82) is 0 Å². The highest BCUT2D eigenvalue weighted by Crippen LogP contribution is 2.17. The van der Waals surface area contributed by atoms with E-state index in [0.29, 0.717) is 11.7 Å². The molecule has 1 aliphatic rings. The molecule has 0 saturated carbocycles. The number of ether oxygens (including phenoxy) is 1. The summed E-state index contributed by atoms with van der Waals surface area (Å²) in [7, 11) is 0. The van der Waals surface area contributed by atoms with Crippen LogP contribution in [0.1, 0.15) is 20.3 Å². The predicted molar refractivity (Wildman–Crippen MR) is 41.6 cm³/mol. The fourth-order valence-corrected chi connectivity index (χ4v) is 0.943. The van der Waals surface area contributed by atoms with E-state index in [1.807, 2.05) is 13.8 Å². The van der Waals surface area contributed by atoms with Crippen LogP contribution in [0, 0.1) is 5.92 Å². The van der Waals surface area contributed by atoms with Crippen molar-refractivity contribution in [3.63, 3.8) is 0 Å². The first-order valence-corrected chi connectivity index (χ1v) is 3.78. The molecule has 0 aromatic rings. The summed E-state index contributed by atoms with van der Waals surface area (Å²) in [4.78, 5) is 11.1. The Morgan fingerprint density at radius 1 is 1.73 bits per heavy atom. The number of carbonyl (C=O) groups excluding carboxylic acids is 1. The number of carbonyl (C=O) groups is 1. The molecule has 0 radical (unpaired) electrons. The van der Waals surface area contributed by atoms with E-state index >= 15 is 0 Å². The molecule has 1 heterocycles. The summed E-state index contributed by atoms with van der Waals surface area (Å²) in [6.45, 7) is 4.07. The highest BCUT2D eigenvalue weighted by atomic mass is 16.5. The molecule has 0 aromatic carbocycles. The van der Waals surface area contributed by atoms with Crippen molar-refractivity contribution in [3.05, 3.63) is 12.0 Å². The average molecular weight is 155 g/mol. The van der Waals surface area contributed by atoms with E-state index in [9.17, 15) is 4.79 Å². The van der Waals surface area contributed by atoms with Gasteiger partial charge in [0, 0.05) is 0 Å². The Bertz CT molecular complexity index is 196. The second kappa shape index (κ2) is 3.05. The minimum absolute atomic E-state index is 0.0706. The molecule has 1 atom stereocenters. The van der Waals surface area contributed by atoms with Crippen molar-refractivity contribution in [1.82, 2.24) is 0 Å². The van der Waals surface area contributed by atoms with Gasteiger partial charge in [-0.2, -0.15) is 0 Å². The van der Waals surface area contributed by atoms with E-state index in [1.54, 1.807) is 0 Å². The summed E-state index contributed by atoms with van der Waals surface area (Å²) in [6, 6.07) is -0.385. The van der Waals surface area contributed by atoms with Crippen LogP contribution in [0.4, 0.5) is 0 Å². The largest absolute Gasteiger partial charge is 0.454 e. The highest BCUT2D eigenvalue weighted by Gasteiger charge is 2.26. The van der Waals surface area contributed by atoms with Gasteiger partial charge in [0.1, 0.15) is 6.26 Å². The lowest BCUT2D eigenvalue weighted by atomic mass is 10.0. The van der Waals surface area contributed by atoms with Crippen LogP contribution < -0.4 is 5.73 Å². The number of hydrogen-bond donors (Lipinski definition) is 1. The number of Topliss-reactive ketones (excluding diaryl/α,β-unsaturated/α-hetero) is 1. The summed E-state index contributed by atoms with van der Waals surface area (Å²) in [5.74, 6) is 0.810. The van der Waals surface area contributed by atoms with E-state index in [4.69, 9.17) is 5.73 Å². The van der Waals surface area contributed by atoms with Crippen molar-refractivity contribution in [2.75, 3.05) is 0 Å². The molecular weight excluding hydrogens is 142 g/mol. The summed E-state index contributed by atoms with van der Waals surface area (Å²) >= 11 is 0. The molecule has 1 unspecified atom stereocenters. The fraction of sp³-hybridized carbons (Fsp3) is 0.625. The third-order valence-corrected chi connectivity index (χ3v) is 1.54. The van der Waals surface area contributed by atoms with Crippen LogP contribution in [0.3, 0.4) is 0 Å². The van der Waals surface area contributed by atoms with Crippen LogP contribution in [-0.2, 0) is 9.53 Å². The summed E-state index contributed by atoms with van der Waals surface area (Å²) < 4.78 is 4.64. The molecule has 0 amide bonds. The summed E-state index contributed by atoms with van der Waals surface area (Å²) in [5, 5.41) is 0. The third-order valence-electron chi connectivity index (χ3n) is 1.54. The van der Waals surface area contributed by atoms with Gasteiger partial charge in [-0.15, -0.1) is 0 Å². The smallest absolute Gasteiger partial charge is 0.217 e. The van der Waals surface area contributed by atoms with Crippen LogP contribution in [0.25, 0.3) is 0 Å². The molecule has 3 nitrogen and oxygen atoms in total. The maximum Gasteiger partial charge on any atom is 0.217 e. The second-order valence-corrected chi connectivity index (χ2v) is 3.20. The number of nitrogens with two attached hydrogens (primary N) is 1. The SMILES string of the molecule is CC(C)CC(N)C(=O)C1=CO1. The van der Waals surface area contributed by atoms with Crippen LogP contribution in [0.2, 0.25) is 0 Å². The zero-order chi connectivity index (χ0) is 8.43. The van der Waals surface area contributed by atoms with Crippen LogP contribution in [0.15, 0.2) is 12.0 Å². The van der Waals surface area contributed by atoms with Crippen molar-refractivity contribution in [3.8, 4) is 0 Å². The molecule has 1 aliphatic heterocycles. The number of ketones is 1. The molecule has 0 fully saturated rings. The van der Waals surface area contributed by atoms with E-state index in [-0.39, 0.29) is 11.8 Å². The molecule has 0 aromatic heterocycles. The molecular formula is C8H13NO2. The first kappa shape index (κ1) is 8.27. The lowest BCUT2D eigenvalue weighted by molar-refractivity contribution is -0.118. The minimum Gasteiger partial charge on any atom is -0.454 e. The van der Waals surface area contributed by atoms with Crippen LogP contribution in [0.5, 0.6) is 0 Å². The maximum absolute atomic E-state index is 11.1. The van der Waals surface area contributed by atoms with Crippen molar-refractivity contribution in [2.24, 2.45) is 11.7 Å². The Morgan fingerprint density at radius 3 is 2.64 bits per heavy atom. The van der Waals surface area contributed by atoms with Crippen molar-refractivity contribution >= 4 is 5.78 Å². The molecule has 1 rings (SSSR count). The maximum atomic E-state index is 11.1. The quantitative estimate of drug-likeness (QED) is 0.653. The molecule has 0 bridgehead atoms. The number of hydrogen-bond acceptors (Lipinski definition) is 3. The molecule has 11 heavy (non-hydrogen) atoms. The van der Waals surface area contributed by atoms with Gasteiger partial charge in [0.25, 0.3) is 0 Å². The fourth-order valence-electron chi connectivity index (χ4n) is 0.943. The Hall–Kier alpha value is -0.830. The van der Waals surface area contributed by atoms with Crippen molar-refractivity contribution in [2.45, 2.75) is 26.3 Å². The first-order valence-electron chi connectivity index (χ1n) is 3.78. The van der Waals surface area contributed by atoms with Gasteiger partial charge in [-0.25, -0.2) is 0 Å². The Kier molecular flexibility index (Phi) is 2.29. The third kappa shape index (κ3) is 2.35. The van der Waals surface area contributed by atoms with Gasteiger partial charge in [0.15, 0.2) is 0 Å². The van der Waals surface area contributed by atoms with Gasteiger partial charge in [-0.1, -0.05) is 13.8 Å². The Balaban J connectivity index is 2.34. The highest BCUT2D eigenvalue weighted by molar-refractivity contribution is 5.99. The van der Waals surface area contributed by atoms with E-state index in [0.717, 1.165) is 6.42 Å². The zero-order valence-electron chi connectivity index (χ0n) is 6.83. The molecule has 0 spiro atoms. The molecule has 62 valence electrons. The van der Waals surface area contributed by atoms with Gasteiger partial charge < -0.3 is 10.5 Å². The van der Waals surface area contributed by atoms with Gasteiger partial charge in [0.05, 0.1) is 6.04 Å². The van der Waals surface area contributed by atoms with E-state index < -0.39 is 0 Å². The van der Waals surface area contributed by atoms with Crippen LogP contribution in [-0.4, -0.2) is 11.8 Å². The summed E-state index contributed by atoms with van der Waals surface area (Å²) in [6.07, 6.45) is 2.15. The van der Waals surface area contributed by atoms with Crippen LogP contribution >= 0.6 is 0 Å². The van der Waals surface area contributed by atoms with Gasteiger partial charge >= 0.3 is 0 Å². The number of rotatable bonds is 4. The Morgan fingerprint density at radius 2 is 2.27 bits per heavy atom. The normalized spacial score (nSPS) is 17.3. The minimum atomic E-state index is -0.385. The molecule has 3 heteroatoms. The van der Waals surface area contributed by atoms with E-state index in [2.05, 4.69) is 4.74 Å². The average Bonchev–Trinajstić information content (AvgIpc) is 2.65. The zero-order valence-corrected chi connectivity index (χ0v) is 6.83. The predicted octanol–water partition coefficient (Wildman–Crippen LogP) is 0.801. The molecule has 0 saturated heterocycles. The van der Waals surface area contributed by atoms with E-state index in [1.165, 1.54) is 6.26 Å². The standard InChI is InChI=1S/C8H13NO2/c1-5(2)3-6(9)8(10)7-4-11-7/h4-6H,3,9H2,1-2H3. The van der Waals surface area contributed by atoms with Gasteiger partial charge in [-0.3, -0.25) is 4.79 Å².